The predicted octanol–water partition coefficient (Wildman–Crippen LogP) is 6.04. The second-order valence-corrected chi connectivity index (χ2v) is 15.5. The molecule has 14 heteroatoms. The summed E-state index contributed by atoms with van der Waals surface area (Å²) < 4.78 is 67.1. The number of hydrogen-bond acceptors (Lipinski definition) is 8. The zero-order chi connectivity index (χ0) is 27.8. The third-order valence-corrected chi connectivity index (χ3v) is 11.0. The van der Waals surface area contributed by atoms with Crippen LogP contribution in [0.25, 0.3) is 26.7 Å². The largest absolute Gasteiger partial charge is 0.335 e. The van der Waals surface area contributed by atoms with Crippen molar-refractivity contribution in [3.8, 4) is 10.4 Å². The van der Waals surface area contributed by atoms with Crippen LogP contribution in [-0.4, -0.2) is 44.0 Å². The quantitative estimate of drug-likeness (QED) is 0.159. The third-order valence-electron chi connectivity index (χ3n) is 6.04. The smallest absolute Gasteiger partial charge is 0.265 e. The topological polar surface area (TPSA) is 116 Å². The molecule has 3 heterocycles. The van der Waals surface area contributed by atoms with Gasteiger partial charge in [0.1, 0.15) is 4.70 Å². The summed E-state index contributed by atoms with van der Waals surface area (Å²) >= 11 is 11.0. The minimum absolute atomic E-state index is 0.216. The van der Waals surface area contributed by atoms with Crippen LogP contribution < -0.4 is 9.47 Å². The van der Waals surface area contributed by atoms with Crippen LogP contribution in [0.3, 0.4) is 0 Å². The third kappa shape index (κ3) is 7.03. The number of aromatic nitrogens is 1. The second kappa shape index (κ2) is 11.5. The number of halogens is 1. The number of thiazole rings is 1. The van der Waals surface area contributed by atoms with Crippen LogP contribution >= 0.6 is 46.0 Å². The second-order valence-electron chi connectivity index (χ2n) is 8.88. The Hall–Kier alpha value is -1.97. The van der Waals surface area contributed by atoms with Crippen LogP contribution in [0, 0.1) is 0 Å². The summed E-state index contributed by atoms with van der Waals surface area (Å²) in [5.74, 6) is -0.709. The van der Waals surface area contributed by atoms with Crippen molar-refractivity contribution in [2.24, 2.45) is 0 Å². The van der Waals surface area contributed by atoms with Gasteiger partial charge in [0.15, 0.2) is 6.54 Å². The fourth-order valence-corrected chi connectivity index (χ4v) is 8.53. The molecule has 0 saturated carbocycles. The molecule has 0 atom stereocenters. The highest BCUT2D eigenvalue weighted by Gasteiger charge is 2.29. The van der Waals surface area contributed by atoms with Crippen molar-refractivity contribution >= 4 is 88.3 Å². The zero-order valence-electron chi connectivity index (χ0n) is 20.4. The lowest BCUT2D eigenvalue weighted by atomic mass is 10.2. The molecular formula is C25H24ClN2O6S5+. The Morgan fingerprint density at radius 2 is 1.74 bits per heavy atom. The molecule has 8 nitrogen and oxygen atoms in total. The summed E-state index contributed by atoms with van der Waals surface area (Å²) in [6, 6.07) is 15.8. The van der Waals surface area contributed by atoms with E-state index in [1.54, 1.807) is 28.7 Å². The van der Waals surface area contributed by atoms with Crippen molar-refractivity contribution in [3.05, 3.63) is 69.0 Å². The van der Waals surface area contributed by atoms with Crippen molar-refractivity contribution in [1.29, 1.82) is 0 Å². The zero-order valence-corrected chi connectivity index (χ0v) is 25.2. The molecule has 0 saturated heterocycles. The standard InChI is InChI=1S/C25H23ClN2O6S5/c26-18-6-8-23-20(15-18)28(10-3-13-39(32,33)34)25(37-23)16-24-27(9-2-12-38(29,30)31)19-14-17(5-7-22(19)36-24)21-4-1-11-35-21/h1,4-8,11,14-16H,2-3,9-10,12-13H2,(H-,29,30,31,32,33,34)/p+1. The van der Waals surface area contributed by atoms with Crippen LogP contribution in [0.2, 0.25) is 5.02 Å². The van der Waals surface area contributed by atoms with Crippen LogP contribution in [-0.2, 0) is 26.8 Å². The molecule has 39 heavy (non-hydrogen) atoms. The van der Waals surface area contributed by atoms with Gasteiger partial charge >= 0.3 is 0 Å². The normalized spacial score (nSPS) is 14.9. The number of nitrogens with zero attached hydrogens (tertiary/aromatic N) is 2. The van der Waals surface area contributed by atoms with Crippen LogP contribution in [0.15, 0.2) is 63.8 Å². The van der Waals surface area contributed by atoms with Crippen LogP contribution in [0.4, 0.5) is 5.69 Å². The van der Waals surface area contributed by atoms with Gasteiger partial charge in [-0.25, -0.2) is 0 Å². The fourth-order valence-electron chi connectivity index (χ4n) is 4.36. The first-order valence-corrected chi connectivity index (χ1v) is 17.9. The molecule has 1 aliphatic rings. The summed E-state index contributed by atoms with van der Waals surface area (Å²) in [6.45, 7) is 0.723. The van der Waals surface area contributed by atoms with E-state index in [1.807, 2.05) is 40.6 Å². The molecular weight excluding hydrogens is 620 g/mol. The Morgan fingerprint density at radius 3 is 2.46 bits per heavy atom. The Balaban J connectivity index is 1.56. The number of benzene rings is 2. The van der Waals surface area contributed by atoms with E-state index in [4.69, 9.17) is 11.6 Å². The van der Waals surface area contributed by atoms with Crippen molar-refractivity contribution < 1.29 is 30.5 Å². The minimum Gasteiger partial charge on any atom is -0.335 e. The molecule has 4 aromatic rings. The molecule has 1 aliphatic heterocycles. The van der Waals surface area contributed by atoms with E-state index in [1.165, 1.54) is 11.8 Å². The number of thioether (sulfide) groups is 1. The van der Waals surface area contributed by atoms with Gasteiger partial charge in [-0.1, -0.05) is 46.8 Å². The maximum absolute atomic E-state index is 11.4. The van der Waals surface area contributed by atoms with E-state index in [0.717, 1.165) is 41.3 Å². The van der Waals surface area contributed by atoms with Crippen molar-refractivity contribution in [1.82, 2.24) is 0 Å². The van der Waals surface area contributed by atoms with E-state index in [2.05, 4.69) is 22.8 Å². The van der Waals surface area contributed by atoms with Gasteiger partial charge in [0, 0.05) is 33.8 Å². The van der Waals surface area contributed by atoms with Gasteiger partial charge in [0.2, 0.25) is 5.52 Å². The summed E-state index contributed by atoms with van der Waals surface area (Å²) in [5, 5.41) is 4.31. The maximum Gasteiger partial charge on any atom is 0.265 e. The lowest BCUT2D eigenvalue weighted by Crippen LogP contribution is -2.36. The van der Waals surface area contributed by atoms with E-state index in [-0.39, 0.29) is 24.3 Å². The number of anilines is 1. The Bertz CT molecular complexity index is 1770. The van der Waals surface area contributed by atoms with Gasteiger partial charge in [-0.05, 0) is 47.7 Å². The summed E-state index contributed by atoms with van der Waals surface area (Å²) in [7, 11) is -8.20. The minimum atomic E-state index is -4.10. The van der Waals surface area contributed by atoms with Crippen molar-refractivity contribution in [2.75, 3.05) is 23.0 Å². The molecule has 5 rings (SSSR count). The molecule has 206 valence electrons. The molecule has 0 radical (unpaired) electrons. The van der Waals surface area contributed by atoms with E-state index >= 15 is 0 Å². The molecule has 0 spiro atoms. The highest BCUT2D eigenvalue weighted by molar-refractivity contribution is 8.04. The number of thiophene rings is 1. The summed E-state index contributed by atoms with van der Waals surface area (Å²) in [6.07, 6.45) is 2.46. The first kappa shape index (κ1) is 28.6. The molecule has 2 aromatic heterocycles. The van der Waals surface area contributed by atoms with Crippen molar-refractivity contribution in [2.45, 2.75) is 24.3 Å². The molecule has 2 aromatic carbocycles. The lowest BCUT2D eigenvalue weighted by molar-refractivity contribution is -0.668. The van der Waals surface area contributed by atoms with Gasteiger partial charge in [0.05, 0.1) is 28.3 Å². The van der Waals surface area contributed by atoms with Gasteiger partial charge < -0.3 is 4.90 Å². The molecule has 0 amide bonds. The highest BCUT2D eigenvalue weighted by Crippen LogP contribution is 2.48. The first-order chi connectivity index (χ1) is 18.5. The van der Waals surface area contributed by atoms with Gasteiger partial charge in [-0.2, -0.15) is 21.4 Å². The lowest BCUT2D eigenvalue weighted by Gasteiger charge is -2.20. The average Bonchev–Trinajstić information content (AvgIpc) is 3.57. The number of fused-ring (bicyclic) bond motifs is 2. The summed E-state index contributed by atoms with van der Waals surface area (Å²) in [5.41, 5.74) is 2.87. The molecule has 0 fully saturated rings. The monoisotopic (exact) mass is 643 g/mol. The van der Waals surface area contributed by atoms with Gasteiger partial charge in [-0.15, -0.1) is 11.3 Å². The first-order valence-electron chi connectivity index (χ1n) is 11.8. The Morgan fingerprint density at radius 1 is 0.974 bits per heavy atom. The van der Waals surface area contributed by atoms with Gasteiger partial charge in [0.25, 0.3) is 25.2 Å². The highest BCUT2D eigenvalue weighted by atomic mass is 35.5. The number of rotatable bonds is 10. The van der Waals surface area contributed by atoms with Crippen LogP contribution in [0.5, 0.6) is 0 Å². The number of aryl methyl sites for hydroxylation is 1. The van der Waals surface area contributed by atoms with Crippen LogP contribution in [0.1, 0.15) is 17.8 Å². The van der Waals surface area contributed by atoms with E-state index in [9.17, 15) is 25.9 Å². The summed E-state index contributed by atoms with van der Waals surface area (Å²) in [4.78, 5) is 4.08. The predicted molar refractivity (Wildman–Crippen MR) is 160 cm³/mol. The molecule has 2 N–H and O–H groups in total. The molecule has 0 bridgehead atoms. The molecule has 0 aliphatic carbocycles. The SMILES string of the molecule is O=S(=O)(O)CCCN1C(=Cc2sc3ccc(-c4cccs4)cc3[n+]2CCCS(=O)(=O)O)Sc2ccc(Cl)cc21. The molecule has 0 unspecified atom stereocenters. The average molecular weight is 644 g/mol. The number of hydrogen-bond donors (Lipinski definition) is 2. The Labute approximate surface area is 244 Å². The van der Waals surface area contributed by atoms with Crippen molar-refractivity contribution in [3.63, 3.8) is 0 Å². The Kier molecular flexibility index (Phi) is 8.41. The van der Waals surface area contributed by atoms with Gasteiger partial charge in [-0.3, -0.25) is 9.11 Å². The van der Waals surface area contributed by atoms with E-state index < -0.39 is 20.2 Å². The maximum atomic E-state index is 11.4. The van der Waals surface area contributed by atoms with E-state index in [0.29, 0.717) is 18.1 Å². The fraction of sp³-hybridized carbons (Fsp3) is 0.240.